The molecule has 3 nitrogen and oxygen atoms in total. The molecule has 0 N–H and O–H groups in total. The molecule has 3 rings (SSSR count). The van der Waals surface area contributed by atoms with Crippen LogP contribution in [0.5, 0.6) is 5.75 Å². The topological polar surface area (TPSA) is 35.0 Å². The van der Waals surface area contributed by atoms with Crippen molar-refractivity contribution in [2.24, 2.45) is 0 Å². The molecule has 0 saturated heterocycles. The second kappa shape index (κ2) is 2.94. The Bertz CT molecular complexity index is 519. The second-order valence-electron chi connectivity index (χ2n) is 4.06. The Hall–Kier alpha value is -1.12. The van der Waals surface area contributed by atoms with Gasteiger partial charge in [0.05, 0.1) is 0 Å². The first-order valence-electron chi connectivity index (χ1n) is 4.80. The molecular weight excluding hydrogens is 255 g/mol. The van der Waals surface area contributed by atoms with Crippen LogP contribution in [0.4, 0.5) is 0 Å². The third-order valence-corrected chi connectivity index (χ3v) is 4.70. The quantitative estimate of drug-likeness (QED) is 0.682. The van der Waals surface area contributed by atoms with Gasteiger partial charge in [-0.25, -0.2) is 0 Å². The van der Waals surface area contributed by atoms with Crippen molar-refractivity contribution in [1.29, 1.82) is 0 Å². The monoisotopic (exact) mass is 266 g/mol. The molecule has 2 aromatic rings. The van der Waals surface area contributed by atoms with E-state index in [1.165, 1.54) is 4.44 Å². The summed E-state index contributed by atoms with van der Waals surface area (Å²) in [4.78, 5) is 0. The Morgan fingerprint density at radius 1 is 1.27 bits per heavy atom. The van der Waals surface area contributed by atoms with Gasteiger partial charge in [0.15, 0.2) is 0 Å². The van der Waals surface area contributed by atoms with Crippen molar-refractivity contribution in [3.8, 4) is 17.0 Å². The first kappa shape index (κ1) is 9.13. The van der Waals surface area contributed by atoms with Crippen LogP contribution in [-0.4, -0.2) is 23.9 Å². The summed E-state index contributed by atoms with van der Waals surface area (Å²) in [5.41, 5.74) is 1.85. The molecule has 1 aliphatic heterocycles. The van der Waals surface area contributed by atoms with Crippen molar-refractivity contribution in [2.75, 3.05) is 0 Å². The molecule has 4 heteroatoms. The van der Waals surface area contributed by atoms with Gasteiger partial charge in [-0.15, -0.1) is 0 Å². The van der Waals surface area contributed by atoms with Crippen LogP contribution in [-0.2, 0) is 5.60 Å². The summed E-state index contributed by atoms with van der Waals surface area (Å²) >= 11 is 0.104. The van der Waals surface area contributed by atoms with E-state index >= 15 is 0 Å². The summed E-state index contributed by atoms with van der Waals surface area (Å²) in [7, 11) is 0. The van der Waals surface area contributed by atoms with Crippen LogP contribution in [0.25, 0.3) is 11.3 Å². The minimum absolute atomic E-state index is 0.104. The van der Waals surface area contributed by atoms with Crippen LogP contribution in [0, 0.1) is 0 Å². The van der Waals surface area contributed by atoms with Crippen molar-refractivity contribution >= 4 is 14.7 Å². The van der Waals surface area contributed by atoms with E-state index in [1.54, 1.807) is 0 Å². The van der Waals surface area contributed by atoms with Crippen LogP contribution < -0.4 is 4.74 Å². The number of benzene rings is 1. The SMILES string of the molecule is CC1(C)Oc2ccccc2-c2nn[se]c21. The third-order valence-electron chi connectivity index (χ3n) is 2.54. The second-order valence-corrected chi connectivity index (χ2v) is 5.64. The molecule has 0 fully saturated rings. The van der Waals surface area contributed by atoms with Gasteiger partial charge in [-0.2, -0.15) is 0 Å². The average Bonchev–Trinajstić information content (AvgIpc) is 2.66. The first-order valence-corrected chi connectivity index (χ1v) is 6.42. The van der Waals surface area contributed by atoms with E-state index in [2.05, 4.69) is 23.0 Å². The number of rotatable bonds is 0. The molecule has 15 heavy (non-hydrogen) atoms. The molecule has 0 radical (unpaired) electrons. The zero-order chi connectivity index (χ0) is 10.5. The van der Waals surface area contributed by atoms with Crippen LogP contribution in [0.3, 0.4) is 0 Å². The Morgan fingerprint density at radius 2 is 2.07 bits per heavy atom. The summed E-state index contributed by atoms with van der Waals surface area (Å²) < 4.78 is 11.4. The predicted molar refractivity (Wildman–Crippen MR) is 58.1 cm³/mol. The molecule has 0 saturated carbocycles. The molecule has 0 atom stereocenters. The fourth-order valence-electron chi connectivity index (χ4n) is 1.83. The summed E-state index contributed by atoms with van der Waals surface area (Å²) in [6, 6.07) is 8.02. The van der Waals surface area contributed by atoms with E-state index in [0.29, 0.717) is 0 Å². The molecule has 1 aromatic carbocycles. The Kier molecular flexibility index (Phi) is 1.79. The van der Waals surface area contributed by atoms with E-state index < -0.39 is 0 Å². The van der Waals surface area contributed by atoms with Gasteiger partial charge in [0.2, 0.25) is 0 Å². The molecule has 0 unspecified atom stereocenters. The van der Waals surface area contributed by atoms with E-state index in [4.69, 9.17) is 4.74 Å². The van der Waals surface area contributed by atoms with E-state index in [-0.39, 0.29) is 20.3 Å². The normalized spacial score (nSPS) is 16.4. The molecule has 0 bridgehead atoms. The molecule has 0 amide bonds. The van der Waals surface area contributed by atoms with Gasteiger partial charge in [0.25, 0.3) is 0 Å². The molecule has 76 valence electrons. The summed E-state index contributed by atoms with van der Waals surface area (Å²) in [6.07, 6.45) is 0. The van der Waals surface area contributed by atoms with Gasteiger partial charge in [-0.1, -0.05) is 0 Å². The summed E-state index contributed by atoms with van der Waals surface area (Å²) in [5.74, 6) is 0.915. The van der Waals surface area contributed by atoms with Crippen molar-refractivity contribution in [2.45, 2.75) is 19.4 Å². The Labute approximate surface area is 94.1 Å². The standard InChI is InChI=1S/C11H10N2OSe/c1-11(2)10-9(12-13-15-10)7-5-3-4-6-8(7)14-11/h3-6H,1-2H3. The van der Waals surface area contributed by atoms with E-state index in [1.807, 2.05) is 24.3 Å². The maximum atomic E-state index is 5.97. The van der Waals surface area contributed by atoms with Gasteiger partial charge >= 0.3 is 93.8 Å². The number of aromatic nitrogens is 2. The molecule has 2 heterocycles. The summed E-state index contributed by atoms with van der Waals surface area (Å²) in [5, 5.41) is 4.25. The number of nitrogens with zero attached hydrogens (tertiary/aromatic N) is 2. The number of para-hydroxylation sites is 1. The molecular formula is C11H10N2OSe. The van der Waals surface area contributed by atoms with Gasteiger partial charge in [0.1, 0.15) is 0 Å². The summed E-state index contributed by atoms with van der Waals surface area (Å²) in [6.45, 7) is 4.16. The molecule has 1 aliphatic rings. The van der Waals surface area contributed by atoms with Crippen molar-refractivity contribution in [1.82, 2.24) is 9.19 Å². The van der Waals surface area contributed by atoms with Crippen molar-refractivity contribution in [3.63, 3.8) is 0 Å². The van der Waals surface area contributed by atoms with Gasteiger partial charge < -0.3 is 0 Å². The van der Waals surface area contributed by atoms with E-state index in [0.717, 1.165) is 17.0 Å². The minimum atomic E-state index is -0.257. The van der Waals surface area contributed by atoms with E-state index in [9.17, 15) is 0 Å². The van der Waals surface area contributed by atoms with Crippen LogP contribution >= 0.6 is 0 Å². The zero-order valence-corrected chi connectivity index (χ0v) is 10.2. The van der Waals surface area contributed by atoms with Gasteiger partial charge in [0, 0.05) is 0 Å². The zero-order valence-electron chi connectivity index (χ0n) is 8.52. The van der Waals surface area contributed by atoms with Crippen molar-refractivity contribution in [3.05, 3.63) is 28.7 Å². The molecule has 1 aromatic heterocycles. The average molecular weight is 265 g/mol. The Balaban J connectivity index is 2.32. The number of hydrogen-bond acceptors (Lipinski definition) is 3. The molecule has 0 spiro atoms. The fourth-order valence-corrected chi connectivity index (χ4v) is 3.31. The van der Waals surface area contributed by atoms with Crippen LogP contribution in [0.15, 0.2) is 24.3 Å². The fraction of sp³-hybridized carbons (Fsp3) is 0.273. The number of fused-ring (bicyclic) bond motifs is 3. The predicted octanol–water partition coefficient (Wildman–Crippen LogP) is 1.83. The third kappa shape index (κ3) is 1.25. The van der Waals surface area contributed by atoms with Crippen molar-refractivity contribution < 1.29 is 4.74 Å². The maximum absolute atomic E-state index is 5.97. The van der Waals surface area contributed by atoms with Gasteiger partial charge in [-0.05, 0) is 0 Å². The first-order chi connectivity index (χ1) is 7.18. The van der Waals surface area contributed by atoms with Crippen LogP contribution in [0.1, 0.15) is 18.3 Å². The number of ether oxygens (including phenoxy) is 1. The Morgan fingerprint density at radius 3 is 2.93 bits per heavy atom. The molecule has 0 aliphatic carbocycles. The number of hydrogen-bond donors (Lipinski definition) is 0. The van der Waals surface area contributed by atoms with Crippen LogP contribution in [0.2, 0.25) is 0 Å². The van der Waals surface area contributed by atoms with Gasteiger partial charge in [-0.3, -0.25) is 0 Å².